The Bertz CT molecular complexity index is 513. The third kappa shape index (κ3) is 4.12. The van der Waals surface area contributed by atoms with Gasteiger partial charge >= 0.3 is 0 Å². The van der Waals surface area contributed by atoms with E-state index in [1.807, 2.05) is 30.3 Å². The van der Waals surface area contributed by atoms with Gasteiger partial charge in [0, 0.05) is 12.8 Å². The fourth-order valence-electron chi connectivity index (χ4n) is 1.63. The van der Waals surface area contributed by atoms with Gasteiger partial charge in [-0.3, -0.25) is 4.79 Å². The number of benzene rings is 1. The molecule has 0 aliphatic heterocycles. The SMILES string of the molecule is CC(CN)(NC(=O)CS(C)(=O)=O)c1ccccc1. The van der Waals surface area contributed by atoms with Crippen LogP contribution in [-0.2, 0) is 20.2 Å². The molecule has 5 nitrogen and oxygen atoms in total. The monoisotopic (exact) mass is 270 g/mol. The fraction of sp³-hybridized carbons (Fsp3) is 0.417. The number of rotatable bonds is 5. The van der Waals surface area contributed by atoms with Crippen molar-refractivity contribution in [2.45, 2.75) is 12.5 Å². The number of carbonyl (C=O) groups is 1. The Morgan fingerprint density at radius 3 is 2.33 bits per heavy atom. The fourth-order valence-corrected chi connectivity index (χ4v) is 2.18. The first kappa shape index (κ1) is 14.7. The molecule has 100 valence electrons. The van der Waals surface area contributed by atoms with Gasteiger partial charge in [-0.15, -0.1) is 0 Å². The second kappa shape index (κ2) is 5.49. The van der Waals surface area contributed by atoms with Crippen molar-refractivity contribution in [2.24, 2.45) is 5.73 Å². The van der Waals surface area contributed by atoms with E-state index < -0.39 is 27.0 Å². The van der Waals surface area contributed by atoms with E-state index in [4.69, 9.17) is 5.73 Å². The first-order valence-electron chi connectivity index (χ1n) is 5.51. The Labute approximate surface area is 107 Å². The maximum Gasteiger partial charge on any atom is 0.235 e. The van der Waals surface area contributed by atoms with Gasteiger partial charge in [-0.1, -0.05) is 30.3 Å². The number of hydrogen-bond donors (Lipinski definition) is 2. The van der Waals surface area contributed by atoms with Gasteiger partial charge in [0.05, 0.1) is 5.54 Å². The minimum absolute atomic E-state index is 0.187. The minimum atomic E-state index is -3.34. The number of carbonyl (C=O) groups excluding carboxylic acids is 1. The van der Waals surface area contributed by atoms with Gasteiger partial charge in [0.2, 0.25) is 5.91 Å². The highest BCUT2D eigenvalue weighted by atomic mass is 32.2. The van der Waals surface area contributed by atoms with Crippen molar-refractivity contribution in [3.05, 3.63) is 35.9 Å². The normalized spacial score (nSPS) is 14.8. The van der Waals surface area contributed by atoms with E-state index in [1.54, 1.807) is 6.92 Å². The molecule has 1 aromatic rings. The second-order valence-electron chi connectivity index (χ2n) is 4.52. The highest BCUT2D eigenvalue weighted by Crippen LogP contribution is 2.18. The summed E-state index contributed by atoms with van der Waals surface area (Å²) in [6.07, 6.45) is 1.02. The Kier molecular flexibility index (Phi) is 4.48. The summed E-state index contributed by atoms with van der Waals surface area (Å²) in [5.74, 6) is -1.08. The molecular formula is C12H18N2O3S. The molecule has 0 saturated heterocycles. The van der Waals surface area contributed by atoms with E-state index in [0.29, 0.717) is 0 Å². The van der Waals surface area contributed by atoms with Crippen molar-refractivity contribution in [1.82, 2.24) is 5.32 Å². The van der Waals surface area contributed by atoms with Crippen LogP contribution in [0.5, 0.6) is 0 Å². The molecule has 0 bridgehead atoms. The third-order valence-corrected chi connectivity index (χ3v) is 3.41. The average Bonchev–Trinajstić information content (AvgIpc) is 2.27. The summed E-state index contributed by atoms with van der Waals surface area (Å²) < 4.78 is 22.1. The molecule has 0 aliphatic rings. The summed E-state index contributed by atoms with van der Waals surface area (Å²) in [5, 5.41) is 2.67. The zero-order chi connectivity index (χ0) is 13.8. The average molecular weight is 270 g/mol. The van der Waals surface area contributed by atoms with Crippen LogP contribution in [0.1, 0.15) is 12.5 Å². The van der Waals surface area contributed by atoms with Gasteiger partial charge in [0.1, 0.15) is 5.75 Å². The summed E-state index contributed by atoms with van der Waals surface area (Å²) in [7, 11) is -3.34. The first-order chi connectivity index (χ1) is 8.27. The maximum atomic E-state index is 11.7. The van der Waals surface area contributed by atoms with Gasteiger partial charge in [-0.25, -0.2) is 8.42 Å². The molecule has 1 unspecified atom stereocenters. The molecule has 0 saturated carbocycles. The largest absolute Gasteiger partial charge is 0.345 e. The molecular weight excluding hydrogens is 252 g/mol. The molecule has 0 aromatic heterocycles. The molecule has 0 fully saturated rings. The third-order valence-electron chi connectivity index (χ3n) is 2.63. The number of amides is 1. The lowest BCUT2D eigenvalue weighted by molar-refractivity contribution is -0.120. The van der Waals surface area contributed by atoms with Crippen LogP contribution >= 0.6 is 0 Å². The lowest BCUT2D eigenvalue weighted by Gasteiger charge is -2.30. The lowest BCUT2D eigenvalue weighted by atomic mass is 9.92. The molecule has 0 aliphatic carbocycles. The summed E-state index contributed by atoms with van der Waals surface area (Å²) in [6.45, 7) is 1.95. The van der Waals surface area contributed by atoms with Crippen LogP contribution in [0.2, 0.25) is 0 Å². The first-order valence-corrected chi connectivity index (χ1v) is 7.57. The molecule has 0 spiro atoms. The number of sulfone groups is 1. The summed E-state index contributed by atoms with van der Waals surface area (Å²) >= 11 is 0. The van der Waals surface area contributed by atoms with Crippen LogP contribution in [0.25, 0.3) is 0 Å². The summed E-state index contributed by atoms with van der Waals surface area (Å²) in [4.78, 5) is 11.7. The van der Waals surface area contributed by atoms with Crippen molar-refractivity contribution >= 4 is 15.7 Å². The van der Waals surface area contributed by atoms with Crippen LogP contribution < -0.4 is 11.1 Å². The van der Waals surface area contributed by atoms with Crippen LogP contribution in [0.4, 0.5) is 0 Å². The molecule has 1 atom stereocenters. The van der Waals surface area contributed by atoms with Gasteiger partial charge in [0.15, 0.2) is 9.84 Å². The van der Waals surface area contributed by atoms with Crippen LogP contribution in [0.3, 0.4) is 0 Å². The molecule has 1 aromatic carbocycles. The molecule has 1 rings (SSSR count). The van der Waals surface area contributed by atoms with E-state index in [0.717, 1.165) is 11.8 Å². The highest BCUT2D eigenvalue weighted by Gasteiger charge is 2.27. The smallest absolute Gasteiger partial charge is 0.235 e. The van der Waals surface area contributed by atoms with Crippen LogP contribution in [-0.4, -0.2) is 32.9 Å². The topological polar surface area (TPSA) is 89.3 Å². The van der Waals surface area contributed by atoms with Gasteiger partial charge in [-0.2, -0.15) is 0 Å². The van der Waals surface area contributed by atoms with Crippen molar-refractivity contribution in [3.8, 4) is 0 Å². The second-order valence-corrected chi connectivity index (χ2v) is 6.66. The maximum absolute atomic E-state index is 11.7. The molecule has 3 N–H and O–H groups in total. The summed E-state index contributed by atoms with van der Waals surface area (Å²) in [5.41, 5.74) is 5.77. The zero-order valence-electron chi connectivity index (χ0n) is 10.5. The Balaban J connectivity index is 2.88. The van der Waals surface area contributed by atoms with Crippen LogP contribution in [0.15, 0.2) is 30.3 Å². The van der Waals surface area contributed by atoms with E-state index in [-0.39, 0.29) is 6.54 Å². The van der Waals surface area contributed by atoms with E-state index in [9.17, 15) is 13.2 Å². The number of hydrogen-bond acceptors (Lipinski definition) is 4. The molecule has 18 heavy (non-hydrogen) atoms. The number of nitrogens with two attached hydrogens (primary N) is 1. The molecule has 0 heterocycles. The van der Waals surface area contributed by atoms with E-state index in [2.05, 4.69) is 5.32 Å². The Hall–Kier alpha value is -1.40. The van der Waals surface area contributed by atoms with Crippen molar-refractivity contribution in [3.63, 3.8) is 0 Å². The van der Waals surface area contributed by atoms with Gasteiger partial charge in [0.25, 0.3) is 0 Å². The van der Waals surface area contributed by atoms with Gasteiger partial charge < -0.3 is 11.1 Å². The minimum Gasteiger partial charge on any atom is -0.345 e. The van der Waals surface area contributed by atoms with Gasteiger partial charge in [-0.05, 0) is 12.5 Å². The van der Waals surface area contributed by atoms with Crippen molar-refractivity contribution in [1.29, 1.82) is 0 Å². The Morgan fingerprint density at radius 2 is 1.89 bits per heavy atom. The summed E-state index contributed by atoms with van der Waals surface area (Å²) in [6, 6.07) is 9.22. The van der Waals surface area contributed by atoms with E-state index >= 15 is 0 Å². The van der Waals surface area contributed by atoms with E-state index in [1.165, 1.54) is 0 Å². The Morgan fingerprint density at radius 1 is 1.33 bits per heavy atom. The quantitative estimate of drug-likeness (QED) is 0.789. The number of nitrogens with one attached hydrogen (secondary N) is 1. The molecule has 0 radical (unpaired) electrons. The van der Waals surface area contributed by atoms with Crippen LogP contribution in [0, 0.1) is 0 Å². The predicted octanol–water partition coefficient (Wildman–Crippen LogP) is 0.0213. The van der Waals surface area contributed by atoms with Crippen molar-refractivity contribution < 1.29 is 13.2 Å². The zero-order valence-corrected chi connectivity index (χ0v) is 11.3. The van der Waals surface area contributed by atoms with Crippen molar-refractivity contribution in [2.75, 3.05) is 18.6 Å². The molecule has 6 heteroatoms. The molecule has 1 amide bonds. The lowest BCUT2D eigenvalue weighted by Crippen LogP contribution is -2.50. The predicted molar refractivity (Wildman–Crippen MR) is 70.7 cm³/mol. The standard InChI is InChI=1S/C12H18N2O3S/c1-12(9-13,10-6-4-3-5-7-10)14-11(15)8-18(2,16)17/h3-7H,8-9,13H2,1-2H3,(H,14,15). The highest BCUT2D eigenvalue weighted by molar-refractivity contribution is 7.91.